The lowest BCUT2D eigenvalue weighted by molar-refractivity contribution is -0.165. The predicted octanol–water partition coefficient (Wildman–Crippen LogP) is 6.23. The minimum Gasteiger partial charge on any atom is -0.612 e. The zero-order chi connectivity index (χ0) is 24.3. The van der Waals surface area contributed by atoms with Crippen LogP contribution in [0.5, 0.6) is 0 Å². The van der Waals surface area contributed by atoms with Crippen molar-refractivity contribution in [2.45, 2.75) is 29.3 Å². The fourth-order valence-electron chi connectivity index (χ4n) is 3.73. The monoisotopic (exact) mass is 526 g/mol. The molecule has 1 unspecified atom stereocenters. The van der Waals surface area contributed by atoms with Crippen LogP contribution in [0.1, 0.15) is 18.7 Å². The molecule has 1 aliphatic carbocycles. The van der Waals surface area contributed by atoms with Crippen molar-refractivity contribution in [1.29, 1.82) is 0 Å². The standard InChI is InChI=1S/C22H15Cl2F3N4O2S/c1-34(32)18-16(19-28-29-20(33-19)21(10-11-21)22(25,26)27)30-31(15-5-3-2-4-14(15)24)17(18)12-6-8-13(23)9-7-12/h2-9H,10-11H2,1H3. The van der Waals surface area contributed by atoms with Gasteiger partial charge in [-0.15, -0.1) is 10.2 Å². The quantitative estimate of drug-likeness (QED) is 0.288. The van der Waals surface area contributed by atoms with Gasteiger partial charge >= 0.3 is 6.18 Å². The summed E-state index contributed by atoms with van der Waals surface area (Å²) in [6, 6.07) is 13.6. The first-order valence-corrected chi connectivity index (χ1v) is 12.3. The van der Waals surface area contributed by atoms with Crippen LogP contribution < -0.4 is 0 Å². The van der Waals surface area contributed by atoms with Gasteiger partial charge in [-0.1, -0.05) is 47.5 Å². The summed E-state index contributed by atoms with van der Waals surface area (Å²) in [6.07, 6.45) is -3.34. The number of hydrogen-bond acceptors (Lipinski definition) is 5. The lowest BCUT2D eigenvalue weighted by Crippen LogP contribution is -2.28. The van der Waals surface area contributed by atoms with Crippen LogP contribution in [0.4, 0.5) is 13.2 Å². The molecule has 34 heavy (non-hydrogen) atoms. The molecule has 5 rings (SSSR count). The number of rotatable bonds is 5. The highest BCUT2D eigenvalue weighted by Gasteiger charge is 2.68. The van der Waals surface area contributed by atoms with Gasteiger partial charge in [0.2, 0.25) is 16.5 Å². The Morgan fingerprint density at radius 2 is 1.74 bits per heavy atom. The normalized spacial score (nSPS) is 16.0. The summed E-state index contributed by atoms with van der Waals surface area (Å²) in [5, 5.41) is 12.9. The van der Waals surface area contributed by atoms with E-state index < -0.39 is 28.7 Å². The van der Waals surface area contributed by atoms with E-state index in [4.69, 9.17) is 27.6 Å². The number of nitrogens with zero attached hydrogens (tertiary/aromatic N) is 4. The van der Waals surface area contributed by atoms with Crippen molar-refractivity contribution < 1.29 is 22.1 Å². The topological polar surface area (TPSA) is 79.8 Å². The van der Waals surface area contributed by atoms with Crippen LogP contribution in [-0.4, -0.2) is 37.0 Å². The van der Waals surface area contributed by atoms with Crippen molar-refractivity contribution in [3.05, 3.63) is 64.5 Å². The van der Waals surface area contributed by atoms with E-state index in [1.807, 2.05) is 0 Å². The Balaban J connectivity index is 1.74. The molecule has 0 radical (unpaired) electrons. The summed E-state index contributed by atoms with van der Waals surface area (Å²) in [4.78, 5) is 0.217. The molecule has 12 heteroatoms. The molecule has 6 nitrogen and oxygen atoms in total. The summed E-state index contributed by atoms with van der Waals surface area (Å²) in [7, 11) is 0. The van der Waals surface area contributed by atoms with Crippen LogP contribution in [0.2, 0.25) is 10.0 Å². The van der Waals surface area contributed by atoms with Crippen molar-refractivity contribution in [1.82, 2.24) is 20.0 Å². The molecular weight excluding hydrogens is 512 g/mol. The van der Waals surface area contributed by atoms with Crippen molar-refractivity contribution in [3.63, 3.8) is 0 Å². The SMILES string of the molecule is C[S+]([O-])c1c(-c2nnc(C3(C(F)(F)F)CC3)o2)nn(-c2ccccc2Cl)c1-c1ccc(Cl)cc1. The third-order valence-electron chi connectivity index (χ3n) is 5.66. The van der Waals surface area contributed by atoms with Crippen molar-refractivity contribution in [2.75, 3.05) is 6.26 Å². The van der Waals surface area contributed by atoms with Gasteiger partial charge in [0.05, 0.1) is 10.7 Å². The fourth-order valence-corrected chi connectivity index (χ4v) is 4.95. The summed E-state index contributed by atoms with van der Waals surface area (Å²) in [5.41, 5.74) is -0.629. The molecule has 4 aromatic rings. The van der Waals surface area contributed by atoms with Crippen LogP contribution in [-0.2, 0) is 16.6 Å². The smallest absolute Gasteiger partial charge is 0.403 e. The van der Waals surface area contributed by atoms with E-state index in [1.54, 1.807) is 48.5 Å². The van der Waals surface area contributed by atoms with Crippen LogP contribution in [0.3, 0.4) is 0 Å². The molecule has 0 amide bonds. The van der Waals surface area contributed by atoms with E-state index in [0.29, 0.717) is 27.0 Å². The Bertz CT molecular complexity index is 1370. The van der Waals surface area contributed by atoms with Gasteiger partial charge in [-0.25, -0.2) is 4.68 Å². The molecule has 1 atom stereocenters. The van der Waals surface area contributed by atoms with Gasteiger partial charge in [0.1, 0.15) is 17.4 Å². The second-order valence-corrected chi connectivity index (χ2v) is 10.0. The summed E-state index contributed by atoms with van der Waals surface area (Å²) in [5.74, 6) is -0.778. The Hall–Kier alpha value is -2.53. The molecular formula is C22H15Cl2F3N4O2S. The maximum absolute atomic E-state index is 13.6. The minimum absolute atomic E-state index is 0.0161. The summed E-state index contributed by atoms with van der Waals surface area (Å²) < 4.78 is 60.6. The highest BCUT2D eigenvalue weighted by atomic mass is 35.5. The van der Waals surface area contributed by atoms with E-state index in [-0.39, 0.29) is 29.3 Å². The Labute approximate surface area is 204 Å². The van der Waals surface area contributed by atoms with E-state index in [1.165, 1.54) is 10.9 Å². The summed E-state index contributed by atoms with van der Waals surface area (Å²) in [6.45, 7) is 0. The molecule has 1 saturated carbocycles. The molecule has 1 fully saturated rings. The fraction of sp³-hybridized carbons (Fsp3) is 0.227. The maximum Gasteiger partial charge on any atom is 0.403 e. The molecule has 1 aliphatic rings. The zero-order valence-corrected chi connectivity index (χ0v) is 19.8. The molecule has 0 aliphatic heterocycles. The second-order valence-electron chi connectivity index (χ2n) is 7.84. The zero-order valence-electron chi connectivity index (χ0n) is 17.4. The van der Waals surface area contributed by atoms with E-state index in [2.05, 4.69) is 15.3 Å². The van der Waals surface area contributed by atoms with Crippen molar-refractivity contribution in [3.8, 4) is 28.5 Å². The molecule has 176 valence electrons. The van der Waals surface area contributed by atoms with Gasteiger partial charge in [0, 0.05) is 10.6 Å². The largest absolute Gasteiger partial charge is 0.612 e. The first-order valence-electron chi connectivity index (χ1n) is 10.0. The molecule has 0 spiro atoms. The number of halogens is 5. The van der Waals surface area contributed by atoms with Gasteiger partial charge in [0.15, 0.2) is 0 Å². The van der Waals surface area contributed by atoms with Gasteiger partial charge in [-0.05, 0) is 48.3 Å². The molecule has 2 aromatic heterocycles. The third-order valence-corrected chi connectivity index (χ3v) is 7.19. The maximum atomic E-state index is 13.6. The molecule has 0 N–H and O–H groups in total. The van der Waals surface area contributed by atoms with Crippen molar-refractivity contribution in [2.24, 2.45) is 0 Å². The molecule has 2 heterocycles. The first-order chi connectivity index (χ1) is 16.1. The van der Waals surface area contributed by atoms with Gasteiger partial charge in [0.25, 0.3) is 5.89 Å². The molecule has 0 bridgehead atoms. The Morgan fingerprint density at radius 3 is 2.32 bits per heavy atom. The van der Waals surface area contributed by atoms with E-state index in [0.717, 1.165) is 0 Å². The van der Waals surface area contributed by atoms with Crippen LogP contribution in [0.25, 0.3) is 28.5 Å². The number of para-hydroxylation sites is 1. The van der Waals surface area contributed by atoms with Gasteiger partial charge in [-0.3, -0.25) is 0 Å². The number of aromatic nitrogens is 4. The highest BCUT2D eigenvalue weighted by Crippen LogP contribution is 2.58. The minimum atomic E-state index is -4.52. The first kappa shape index (κ1) is 23.2. The Kier molecular flexibility index (Phi) is 5.67. The lowest BCUT2D eigenvalue weighted by Gasteiger charge is -2.14. The molecule has 2 aromatic carbocycles. The average molecular weight is 527 g/mol. The number of benzene rings is 2. The Morgan fingerprint density at radius 1 is 1.06 bits per heavy atom. The van der Waals surface area contributed by atoms with E-state index >= 15 is 0 Å². The second kappa shape index (κ2) is 8.30. The van der Waals surface area contributed by atoms with Crippen LogP contribution in [0.15, 0.2) is 57.8 Å². The number of alkyl halides is 3. The number of hydrogen-bond donors (Lipinski definition) is 0. The van der Waals surface area contributed by atoms with Crippen molar-refractivity contribution >= 4 is 34.4 Å². The predicted molar refractivity (Wildman–Crippen MR) is 122 cm³/mol. The highest BCUT2D eigenvalue weighted by molar-refractivity contribution is 7.91. The molecule has 0 saturated heterocycles. The average Bonchev–Trinajstić information content (AvgIpc) is 3.30. The van der Waals surface area contributed by atoms with Crippen LogP contribution in [0, 0.1) is 0 Å². The lowest BCUT2D eigenvalue weighted by atomic mass is 10.1. The third kappa shape index (κ3) is 3.78. The van der Waals surface area contributed by atoms with Gasteiger partial charge in [-0.2, -0.15) is 18.3 Å². The van der Waals surface area contributed by atoms with Gasteiger partial charge < -0.3 is 8.97 Å². The summed E-state index contributed by atoms with van der Waals surface area (Å²) >= 11 is 10.8. The van der Waals surface area contributed by atoms with Crippen LogP contribution >= 0.6 is 23.2 Å². The van der Waals surface area contributed by atoms with E-state index in [9.17, 15) is 17.7 Å².